The Kier molecular flexibility index (Phi) is 5.91. The molecule has 11 heteroatoms. The minimum atomic E-state index is -0.379. The van der Waals surface area contributed by atoms with Gasteiger partial charge in [0, 0.05) is 24.7 Å². The highest BCUT2D eigenvalue weighted by molar-refractivity contribution is 7.12. The first-order valence-electron chi connectivity index (χ1n) is 11.1. The van der Waals surface area contributed by atoms with Gasteiger partial charge in [-0.2, -0.15) is 4.98 Å². The molecule has 4 heterocycles. The van der Waals surface area contributed by atoms with Crippen molar-refractivity contribution in [3.8, 4) is 11.1 Å². The fourth-order valence-electron chi connectivity index (χ4n) is 4.00. The third-order valence-corrected chi connectivity index (χ3v) is 6.74. The van der Waals surface area contributed by atoms with E-state index in [-0.39, 0.29) is 47.7 Å². The fraction of sp³-hybridized carbons (Fsp3) is 0.208. The molecular formula is C24H23N7O3S. The number of carbonyl (C=O) groups excluding carboxylic acids is 3. The average molecular weight is 490 g/mol. The molecule has 1 aromatic carbocycles. The van der Waals surface area contributed by atoms with Gasteiger partial charge in [0.05, 0.1) is 22.5 Å². The van der Waals surface area contributed by atoms with Crippen LogP contribution in [0.3, 0.4) is 0 Å². The van der Waals surface area contributed by atoms with Gasteiger partial charge >= 0.3 is 0 Å². The molecule has 0 radical (unpaired) electrons. The maximum absolute atomic E-state index is 13.0. The molecule has 35 heavy (non-hydrogen) atoms. The van der Waals surface area contributed by atoms with Gasteiger partial charge in [0.2, 0.25) is 11.9 Å². The maximum Gasteiger partial charge on any atom is 0.261 e. The largest absolute Gasteiger partial charge is 0.366 e. The number of hydrogen-bond donors (Lipinski definition) is 4. The van der Waals surface area contributed by atoms with E-state index in [2.05, 4.69) is 26.0 Å². The minimum absolute atomic E-state index is 0.0363. The van der Waals surface area contributed by atoms with E-state index in [1.165, 1.54) is 15.9 Å². The van der Waals surface area contributed by atoms with Crippen molar-refractivity contribution in [2.45, 2.75) is 25.4 Å². The van der Waals surface area contributed by atoms with E-state index in [0.29, 0.717) is 22.6 Å². The molecule has 1 unspecified atom stereocenters. The predicted molar refractivity (Wildman–Crippen MR) is 132 cm³/mol. The molecule has 1 saturated heterocycles. The quantitative estimate of drug-likeness (QED) is 0.327. The van der Waals surface area contributed by atoms with Crippen molar-refractivity contribution in [2.75, 3.05) is 12.3 Å². The van der Waals surface area contributed by atoms with Gasteiger partial charge in [-0.15, -0.1) is 16.4 Å². The molecule has 1 aliphatic rings. The first-order valence-corrected chi connectivity index (χ1v) is 11.9. The Morgan fingerprint density at radius 3 is 2.74 bits per heavy atom. The van der Waals surface area contributed by atoms with Gasteiger partial charge in [-0.25, -0.2) is 4.52 Å². The number of nitrogens with one attached hydrogen (secondary N) is 3. The monoisotopic (exact) mass is 489 g/mol. The number of anilines is 1. The van der Waals surface area contributed by atoms with Crippen LogP contribution < -0.4 is 21.7 Å². The second-order valence-corrected chi connectivity index (χ2v) is 9.28. The summed E-state index contributed by atoms with van der Waals surface area (Å²) in [4.78, 5) is 42.1. The smallest absolute Gasteiger partial charge is 0.261 e. The van der Waals surface area contributed by atoms with Gasteiger partial charge in [0.25, 0.3) is 11.8 Å². The van der Waals surface area contributed by atoms with Gasteiger partial charge in [-0.05, 0) is 35.6 Å². The predicted octanol–water partition coefficient (Wildman–Crippen LogP) is 2.15. The zero-order valence-corrected chi connectivity index (χ0v) is 19.6. The highest BCUT2D eigenvalue weighted by Gasteiger charge is 2.25. The summed E-state index contributed by atoms with van der Waals surface area (Å²) in [6, 6.07) is 12.8. The summed E-state index contributed by atoms with van der Waals surface area (Å²) in [5, 5.41) is 14.6. The van der Waals surface area contributed by atoms with E-state index < -0.39 is 0 Å². The first kappa shape index (κ1) is 22.5. The third kappa shape index (κ3) is 4.71. The highest BCUT2D eigenvalue weighted by atomic mass is 32.1. The summed E-state index contributed by atoms with van der Waals surface area (Å²) in [6.07, 6.45) is 1.94. The number of pyridine rings is 1. The number of nitrogen functional groups attached to an aromatic ring is 1. The summed E-state index contributed by atoms with van der Waals surface area (Å²) in [5.41, 5.74) is 8.83. The number of thiophene rings is 1. The van der Waals surface area contributed by atoms with E-state index in [9.17, 15) is 14.4 Å². The standard InChI is InChI=1S/C24H23N7O3S/c1-13(14-5-3-2-4-6-14)27-23(34)19-8-16(12-35-19)15-7-18(21-29-24(25)30-31(21)11-15)22(33)28-17-9-20(32)26-10-17/h2-8,11-13,17H,9-10H2,1H3,(H2,25,30)(H,26,32)(H,27,34)(H,28,33)/t13-,17?/m0/s1. The fourth-order valence-corrected chi connectivity index (χ4v) is 4.82. The van der Waals surface area contributed by atoms with Crippen LogP contribution in [0, 0.1) is 0 Å². The van der Waals surface area contributed by atoms with Crippen molar-refractivity contribution >= 4 is 40.7 Å². The molecule has 5 rings (SSSR count). The molecule has 0 saturated carbocycles. The molecule has 2 atom stereocenters. The summed E-state index contributed by atoms with van der Waals surface area (Å²) >= 11 is 1.31. The molecule has 1 aliphatic heterocycles. The normalized spacial score (nSPS) is 16.1. The number of benzene rings is 1. The van der Waals surface area contributed by atoms with E-state index in [0.717, 1.165) is 11.1 Å². The van der Waals surface area contributed by atoms with Crippen molar-refractivity contribution < 1.29 is 14.4 Å². The lowest BCUT2D eigenvalue weighted by Crippen LogP contribution is -2.36. The Labute approximate surface area is 204 Å². The zero-order valence-electron chi connectivity index (χ0n) is 18.8. The number of amides is 3. The van der Waals surface area contributed by atoms with Crippen LogP contribution in [0.25, 0.3) is 16.8 Å². The Hall–Kier alpha value is -4.25. The van der Waals surface area contributed by atoms with Crippen molar-refractivity contribution in [1.29, 1.82) is 0 Å². The third-order valence-electron chi connectivity index (χ3n) is 5.81. The zero-order chi connectivity index (χ0) is 24.5. The lowest BCUT2D eigenvalue weighted by Gasteiger charge is -2.13. The number of rotatable bonds is 6. The van der Waals surface area contributed by atoms with E-state index >= 15 is 0 Å². The summed E-state index contributed by atoms with van der Waals surface area (Å²) in [6.45, 7) is 2.31. The number of nitrogens with zero attached hydrogens (tertiary/aromatic N) is 3. The molecule has 5 N–H and O–H groups in total. The van der Waals surface area contributed by atoms with Crippen LogP contribution in [0.5, 0.6) is 0 Å². The average Bonchev–Trinajstić information content (AvgIpc) is 3.58. The molecule has 0 aliphatic carbocycles. The van der Waals surface area contributed by atoms with Gasteiger partial charge in [-0.1, -0.05) is 30.3 Å². The molecule has 3 amide bonds. The van der Waals surface area contributed by atoms with Crippen LogP contribution in [0.1, 0.15) is 45.0 Å². The second-order valence-electron chi connectivity index (χ2n) is 8.36. The Balaban J connectivity index is 1.40. The summed E-state index contributed by atoms with van der Waals surface area (Å²) in [7, 11) is 0. The SMILES string of the molecule is C[C@H](NC(=O)c1cc(-c2cc(C(=O)NC3CNC(=O)C3)c3nc(N)nn3c2)cs1)c1ccccc1. The van der Waals surface area contributed by atoms with Crippen LogP contribution in [0.2, 0.25) is 0 Å². The number of aromatic nitrogens is 3. The van der Waals surface area contributed by atoms with E-state index in [4.69, 9.17) is 5.73 Å². The first-order chi connectivity index (χ1) is 16.9. The van der Waals surface area contributed by atoms with Crippen molar-refractivity contribution in [3.05, 3.63) is 70.0 Å². The van der Waals surface area contributed by atoms with Gasteiger partial charge < -0.3 is 21.7 Å². The lowest BCUT2D eigenvalue weighted by atomic mass is 10.1. The van der Waals surface area contributed by atoms with Crippen molar-refractivity contribution in [2.24, 2.45) is 0 Å². The number of nitrogens with two attached hydrogens (primary N) is 1. The van der Waals surface area contributed by atoms with Crippen LogP contribution in [-0.2, 0) is 4.79 Å². The molecule has 1 fully saturated rings. The van der Waals surface area contributed by atoms with Crippen LogP contribution in [0.15, 0.2) is 54.0 Å². The van der Waals surface area contributed by atoms with Crippen LogP contribution in [0.4, 0.5) is 5.95 Å². The van der Waals surface area contributed by atoms with Gasteiger partial charge in [0.1, 0.15) is 0 Å². The molecule has 178 valence electrons. The molecule has 4 aromatic rings. The van der Waals surface area contributed by atoms with Crippen LogP contribution >= 0.6 is 11.3 Å². The maximum atomic E-state index is 13.0. The van der Waals surface area contributed by atoms with E-state index in [1.54, 1.807) is 18.3 Å². The second kappa shape index (κ2) is 9.18. The Morgan fingerprint density at radius 2 is 2.00 bits per heavy atom. The highest BCUT2D eigenvalue weighted by Crippen LogP contribution is 2.28. The molecule has 3 aromatic heterocycles. The number of hydrogen-bond acceptors (Lipinski definition) is 7. The molecule has 10 nitrogen and oxygen atoms in total. The van der Waals surface area contributed by atoms with Crippen molar-refractivity contribution in [1.82, 2.24) is 30.5 Å². The number of carbonyl (C=O) groups is 3. The molecule has 0 bridgehead atoms. The topological polar surface area (TPSA) is 144 Å². The summed E-state index contributed by atoms with van der Waals surface area (Å²) in [5.74, 6) is -0.628. The van der Waals surface area contributed by atoms with E-state index in [1.807, 2.05) is 42.6 Å². The van der Waals surface area contributed by atoms with Crippen LogP contribution in [-0.4, -0.2) is 44.9 Å². The van der Waals surface area contributed by atoms with Crippen molar-refractivity contribution in [3.63, 3.8) is 0 Å². The molecular weight excluding hydrogens is 466 g/mol. The Morgan fingerprint density at radius 1 is 1.20 bits per heavy atom. The lowest BCUT2D eigenvalue weighted by molar-refractivity contribution is -0.119. The van der Waals surface area contributed by atoms with Gasteiger partial charge in [0.15, 0.2) is 5.65 Å². The summed E-state index contributed by atoms with van der Waals surface area (Å²) < 4.78 is 1.45. The van der Waals surface area contributed by atoms with Gasteiger partial charge in [-0.3, -0.25) is 14.4 Å². The number of fused-ring (bicyclic) bond motifs is 1. The Bertz CT molecular complexity index is 1430. The molecule has 0 spiro atoms. The minimum Gasteiger partial charge on any atom is -0.366 e.